The second kappa shape index (κ2) is 10.5. The van der Waals surface area contributed by atoms with Gasteiger partial charge in [-0.25, -0.2) is 41.7 Å². The highest BCUT2D eigenvalue weighted by molar-refractivity contribution is 7.93. The van der Waals surface area contributed by atoms with Gasteiger partial charge < -0.3 is 4.90 Å². The van der Waals surface area contributed by atoms with Crippen LogP contribution in [0.25, 0.3) is 33.5 Å². The molecule has 1 aliphatic heterocycles. The number of nitrogens with zero attached hydrogens (tertiary/aromatic N) is 9. The van der Waals surface area contributed by atoms with Crippen LogP contribution in [0, 0.1) is 17.1 Å². The lowest BCUT2D eigenvalue weighted by Crippen LogP contribution is -2.26. The summed E-state index contributed by atoms with van der Waals surface area (Å²) in [6.07, 6.45) is 3.69. The Bertz CT molecular complexity index is 1900. The molecule has 0 amide bonds. The minimum atomic E-state index is -3.38. The highest BCUT2D eigenvalue weighted by Crippen LogP contribution is 2.38. The van der Waals surface area contributed by atoms with Crippen LogP contribution in [0.15, 0.2) is 48.8 Å². The van der Waals surface area contributed by atoms with Crippen molar-refractivity contribution in [3.8, 4) is 28.6 Å². The summed E-state index contributed by atoms with van der Waals surface area (Å²) in [7, 11) is -3.38. The average molecular weight is 590 g/mol. The Kier molecular flexibility index (Phi) is 6.84. The zero-order valence-electron chi connectivity index (χ0n) is 22.2. The van der Waals surface area contributed by atoms with Crippen LogP contribution >= 0.6 is 11.3 Å². The third kappa shape index (κ3) is 4.76. The molecule has 0 radical (unpaired) electrons. The minimum Gasteiger partial charge on any atom is -0.301 e. The van der Waals surface area contributed by atoms with Gasteiger partial charge in [-0.1, -0.05) is 11.3 Å². The Balaban J connectivity index is 1.41. The molecule has 1 aliphatic rings. The molecule has 1 fully saturated rings. The third-order valence-electron chi connectivity index (χ3n) is 6.75. The zero-order chi connectivity index (χ0) is 28.7. The predicted octanol–water partition coefficient (Wildman–Crippen LogP) is 4.74. The van der Waals surface area contributed by atoms with Gasteiger partial charge in [-0.3, -0.25) is 0 Å². The fourth-order valence-electron chi connectivity index (χ4n) is 4.77. The smallest absolute Gasteiger partial charge is 0.239 e. The first-order valence-corrected chi connectivity index (χ1v) is 15.4. The van der Waals surface area contributed by atoms with E-state index in [0.717, 1.165) is 5.82 Å². The molecule has 1 aromatic carbocycles. The summed E-state index contributed by atoms with van der Waals surface area (Å²) in [4.78, 5) is 20.7. The summed E-state index contributed by atoms with van der Waals surface area (Å²) in [6, 6.07) is 11.8. The van der Waals surface area contributed by atoms with Crippen molar-refractivity contribution in [1.29, 1.82) is 5.26 Å². The van der Waals surface area contributed by atoms with Crippen LogP contribution < -0.4 is 9.21 Å². The van der Waals surface area contributed by atoms with Crippen LogP contribution in [0.3, 0.4) is 0 Å². The Morgan fingerprint density at radius 1 is 1.07 bits per heavy atom. The molecule has 4 aromatic heterocycles. The summed E-state index contributed by atoms with van der Waals surface area (Å²) < 4.78 is 41.1. The maximum atomic E-state index is 13.5. The molecule has 0 unspecified atom stereocenters. The summed E-state index contributed by atoms with van der Waals surface area (Å²) >= 11 is 1.25. The first kappa shape index (κ1) is 26.7. The molecule has 208 valence electrons. The Morgan fingerprint density at radius 3 is 2.46 bits per heavy atom. The van der Waals surface area contributed by atoms with Gasteiger partial charge in [0.15, 0.2) is 10.9 Å². The van der Waals surface area contributed by atoms with Crippen molar-refractivity contribution in [2.75, 3.05) is 28.0 Å². The Hall–Kier alpha value is -4.48. The van der Waals surface area contributed by atoms with E-state index < -0.39 is 10.0 Å². The summed E-state index contributed by atoms with van der Waals surface area (Å²) in [5.41, 5.74) is 3.69. The third-order valence-corrected chi connectivity index (χ3v) is 9.56. The van der Waals surface area contributed by atoms with Crippen molar-refractivity contribution >= 4 is 49.3 Å². The van der Waals surface area contributed by atoms with E-state index in [9.17, 15) is 18.1 Å². The number of benzene rings is 1. The molecule has 11 nitrogen and oxygen atoms in total. The van der Waals surface area contributed by atoms with Crippen molar-refractivity contribution in [2.24, 2.45) is 0 Å². The van der Waals surface area contributed by atoms with E-state index in [-0.39, 0.29) is 17.5 Å². The van der Waals surface area contributed by atoms with Crippen molar-refractivity contribution in [1.82, 2.24) is 29.7 Å². The lowest BCUT2D eigenvalue weighted by Gasteiger charge is -2.20. The molecule has 0 atom stereocenters. The van der Waals surface area contributed by atoms with Gasteiger partial charge in [-0.15, -0.1) is 0 Å². The number of rotatable bonds is 7. The van der Waals surface area contributed by atoms with E-state index in [0.29, 0.717) is 69.6 Å². The second-order valence-corrected chi connectivity index (χ2v) is 12.2. The number of aryl methyl sites for hydroxylation is 1. The van der Waals surface area contributed by atoms with E-state index in [1.54, 1.807) is 24.5 Å². The van der Waals surface area contributed by atoms with Crippen molar-refractivity contribution in [2.45, 2.75) is 26.8 Å². The van der Waals surface area contributed by atoms with E-state index in [4.69, 9.17) is 15.1 Å². The first-order chi connectivity index (χ1) is 19.8. The van der Waals surface area contributed by atoms with Crippen LogP contribution in [0.1, 0.15) is 25.1 Å². The molecule has 0 saturated carbocycles. The molecule has 5 aromatic rings. The van der Waals surface area contributed by atoms with Crippen LogP contribution in [-0.2, 0) is 16.6 Å². The quantitative estimate of drug-likeness (QED) is 0.264. The number of nitriles is 1. The van der Waals surface area contributed by atoms with Crippen LogP contribution in [0.2, 0.25) is 0 Å². The molecular formula is C27H24FN9O2S2. The topological polar surface area (TPSA) is 134 Å². The number of anilines is 3. The molecule has 1 saturated heterocycles. The fourth-order valence-corrected chi connectivity index (χ4v) is 7.19. The summed E-state index contributed by atoms with van der Waals surface area (Å²) in [5, 5.41) is 15.2. The van der Waals surface area contributed by atoms with Crippen molar-refractivity contribution < 1.29 is 12.8 Å². The molecule has 0 bridgehead atoms. The SMILES string of the molecule is CCN(c1nc(-c2ccc(F)cc2)c(C#N)s1)c1c2nc(-c3cnc(N4CCCS4(=O)=O)nc3)ccc2nn1CC. The van der Waals surface area contributed by atoms with Gasteiger partial charge in [-0.05, 0) is 56.7 Å². The molecule has 0 N–H and O–H groups in total. The van der Waals surface area contributed by atoms with Gasteiger partial charge in [-0.2, -0.15) is 10.4 Å². The first-order valence-electron chi connectivity index (χ1n) is 13.0. The molecule has 0 spiro atoms. The molecular weight excluding hydrogens is 565 g/mol. The second-order valence-electron chi connectivity index (χ2n) is 9.25. The van der Waals surface area contributed by atoms with Crippen LogP contribution in [0.5, 0.6) is 0 Å². The standard InChI is InChI=1S/C27H24FN9O2S2/c1-3-35(27-33-23(22(14-29)40-27)17-6-8-19(28)9-7-17)25-24-21(34-36(25)4-2)11-10-20(32-24)18-15-30-26(31-16-18)37-12-5-13-41(37,38)39/h6-11,15-16H,3-5,12-13H2,1-2H3. The summed E-state index contributed by atoms with van der Waals surface area (Å²) in [5.74, 6) is 0.600. The van der Waals surface area contributed by atoms with Crippen molar-refractivity contribution in [3.63, 3.8) is 0 Å². The van der Waals surface area contributed by atoms with E-state index in [1.165, 1.54) is 27.8 Å². The van der Waals surface area contributed by atoms with E-state index in [1.807, 2.05) is 35.6 Å². The lowest BCUT2D eigenvalue weighted by molar-refractivity contribution is 0.598. The van der Waals surface area contributed by atoms with Crippen molar-refractivity contribution in [3.05, 3.63) is 59.5 Å². The fraction of sp³-hybridized carbons (Fsp3) is 0.259. The highest BCUT2D eigenvalue weighted by atomic mass is 32.2. The van der Waals surface area contributed by atoms with Gasteiger partial charge in [0.1, 0.15) is 33.5 Å². The number of fused-ring (bicyclic) bond motifs is 1. The number of hydrogen-bond acceptors (Lipinski definition) is 10. The Labute approximate surface area is 239 Å². The maximum absolute atomic E-state index is 13.5. The number of hydrogen-bond donors (Lipinski definition) is 0. The predicted molar refractivity (Wildman–Crippen MR) is 155 cm³/mol. The summed E-state index contributed by atoms with van der Waals surface area (Å²) in [6.45, 7) is 5.42. The number of sulfonamides is 1. The number of pyridine rings is 1. The van der Waals surface area contributed by atoms with Gasteiger partial charge in [0.2, 0.25) is 16.0 Å². The number of aromatic nitrogens is 6. The normalized spacial score (nSPS) is 14.4. The lowest BCUT2D eigenvalue weighted by atomic mass is 10.1. The van der Waals surface area contributed by atoms with E-state index >= 15 is 0 Å². The molecule has 6 rings (SSSR count). The largest absolute Gasteiger partial charge is 0.301 e. The van der Waals surface area contributed by atoms with Crippen LogP contribution in [-0.4, -0.2) is 57.0 Å². The maximum Gasteiger partial charge on any atom is 0.239 e. The minimum absolute atomic E-state index is 0.0921. The van der Waals surface area contributed by atoms with Crippen LogP contribution in [0.4, 0.5) is 21.3 Å². The van der Waals surface area contributed by atoms with E-state index in [2.05, 4.69) is 16.0 Å². The average Bonchev–Trinajstić information content (AvgIpc) is 3.68. The molecule has 5 heterocycles. The zero-order valence-corrected chi connectivity index (χ0v) is 23.8. The number of halogens is 1. The molecule has 0 aliphatic carbocycles. The highest BCUT2D eigenvalue weighted by Gasteiger charge is 2.30. The molecule has 41 heavy (non-hydrogen) atoms. The molecule has 14 heteroatoms. The van der Waals surface area contributed by atoms with Gasteiger partial charge in [0, 0.05) is 43.2 Å². The van der Waals surface area contributed by atoms with Gasteiger partial charge in [0.05, 0.1) is 11.4 Å². The Morgan fingerprint density at radius 2 is 1.83 bits per heavy atom. The number of thiazole rings is 1. The monoisotopic (exact) mass is 589 g/mol. The van der Waals surface area contributed by atoms with Gasteiger partial charge >= 0.3 is 0 Å². The van der Waals surface area contributed by atoms with Gasteiger partial charge in [0.25, 0.3) is 0 Å².